The zero-order valence-corrected chi connectivity index (χ0v) is 10.8. The van der Waals surface area contributed by atoms with Crippen LogP contribution in [0.2, 0.25) is 0 Å². The summed E-state index contributed by atoms with van der Waals surface area (Å²) in [7, 11) is 0. The van der Waals surface area contributed by atoms with Gasteiger partial charge in [-0.2, -0.15) is 0 Å². The fourth-order valence-corrected chi connectivity index (χ4v) is 2.08. The van der Waals surface area contributed by atoms with Gasteiger partial charge < -0.3 is 19.8 Å². The minimum Gasteiger partial charge on any atom is -0.474 e. The Balaban J connectivity index is 1.92. The summed E-state index contributed by atoms with van der Waals surface area (Å²) in [6, 6.07) is 3.46. The summed E-state index contributed by atoms with van der Waals surface area (Å²) in [5.74, 6) is 0.479. The van der Waals surface area contributed by atoms with Crippen LogP contribution >= 0.6 is 0 Å². The molecule has 104 valence electrons. The van der Waals surface area contributed by atoms with Crippen molar-refractivity contribution in [1.82, 2.24) is 9.88 Å². The summed E-state index contributed by atoms with van der Waals surface area (Å²) >= 11 is 0. The molecule has 2 rings (SSSR count). The summed E-state index contributed by atoms with van der Waals surface area (Å²) in [4.78, 5) is 16.3. The third-order valence-electron chi connectivity index (χ3n) is 3.24. The lowest BCUT2D eigenvalue weighted by molar-refractivity contribution is 0.0868. The highest BCUT2D eigenvalue weighted by Gasteiger charge is 2.23. The van der Waals surface area contributed by atoms with Crippen LogP contribution in [0, 0.1) is 0 Å². The number of pyridine rings is 1. The van der Waals surface area contributed by atoms with Crippen LogP contribution in [0.25, 0.3) is 0 Å². The summed E-state index contributed by atoms with van der Waals surface area (Å²) in [6.07, 6.45) is 1.46. The Labute approximate surface area is 111 Å². The van der Waals surface area contributed by atoms with Gasteiger partial charge in [-0.15, -0.1) is 0 Å². The number of carbonyl (C=O) groups is 1. The van der Waals surface area contributed by atoms with Crippen molar-refractivity contribution in [2.45, 2.75) is 32.0 Å². The van der Waals surface area contributed by atoms with Gasteiger partial charge in [-0.3, -0.25) is 0 Å². The molecule has 1 unspecified atom stereocenters. The second-order valence-electron chi connectivity index (χ2n) is 4.69. The number of ether oxygens (including phenoxy) is 1. The van der Waals surface area contributed by atoms with E-state index in [1.54, 1.807) is 25.3 Å². The zero-order valence-electron chi connectivity index (χ0n) is 10.8. The Morgan fingerprint density at radius 1 is 1.53 bits per heavy atom. The van der Waals surface area contributed by atoms with Crippen molar-refractivity contribution in [3.63, 3.8) is 0 Å². The lowest BCUT2D eigenvalue weighted by Crippen LogP contribution is -2.41. The quantitative estimate of drug-likeness (QED) is 0.869. The Morgan fingerprint density at radius 3 is 2.79 bits per heavy atom. The number of rotatable bonds is 3. The number of hydrogen-bond acceptors (Lipinski definition) is 4. The van der Waals surface area contributed by atoms with Crippen LogP contribution in [-0.2, 0) is 0 Å². The lowest BCUT2D eigenvalue weighted by atomic mass is 10.1. The monoisotopic (exact) mass is 266 g/mol. The molecule has 0 saturated carbocycles. The van der Waals surface area contributed by atoms with Crippen molar-refractivity contribution in [1.29, 1.82) is 0 Å². The highest BCUT2D eigenvalue weighted by Crippen LogP contribution is 2.20. The van der Waals surface area contributed by atoms with Gasteiger partial charge in [0, 0.05) is 38.2 Å². The van der Waals surface area contributed by atoms with Gasteiger partial charge in [-0.1, -0.05) is 0 Å². The average molecular weight is 266 g/mol. The first-order chi connectivity index (χ1) is 9.06. The molecule has 0 bridgehead atoms. The minimum absolute atomic E-state index is 0.0210. The smallest absolute Gasteiger partial charge is 0.407 e. The standard InChI is InChI=1S/C13H18N2O4/c1-9(16)10-2-5-14-12(8-10)19-11-3-6-15(7-4-11)13(17)18/h2,5,8-9,11,16H,3-4,6-7H2,1H3,(H,17,18). The molecule has 6 heteroatoms. The Morgan fingerprint density at radius 2 is 2.21 bits per heavy atom. The van der Waals surface area contributed by atoms with Crippen LogP contribution < -0.4 is 4.74 Å². The summed E-state index contributed by atoms with van der Waals surface area (Å²) in [6.45, 7) is 2.65. The van der Waals surface area contributed by atoms with Gasteiger partial charge in [-0.25, -0.2) is 9.78 Å². The number of carboxylic acid groups (broad SMARTS) is 1. The van der Waals surface area contributed by atoms with Crippen LogP contribution in [0.3, 0.4) is 0 Å². The van der Waals surface area contributed by atoms with E-state index in [1.807, 2.05) is 0 Å². The SMILES string of the molecule is CC(O)c1ccnc(OC2CCN(C(=O)O)CC2)c1. The van der Waals surface area contributed by atoms with E-state index in [0.717, 1.165) is 5.56 Å². The van der Waals surface area contributed by atoms with E-state index in [-0.39, 0.29) is 6.10 Å². The third kappa shape index (κ3) is 3.57. The molecule has 6 nitrogen and oxygen atoms in total. The average Bonchev–Trinajstić information content (AvgIpc) is 2.39. The molecule has 1 saturated heterocycles. The van der Waals surface area contributed by atoms with Gasteiger partial charge in [0.1, 0.15) is 6.10 Å². The normalized spacial score (nSPS) is 18.1. The predicted molar refractivity (Wildman–Crippen MR) is 68.1 cm³/mol. The predicted octanol–water partition coefficient (Wildman–Crippen LogP) is 1.66. The van der Waals surface area contributed by atoms with Gasteiger partial charge in [0.25, 0.3) is 0 Å². The number of nitrogens with zero attached hydrogens (tertiary/aromatic N) is 2. The van der Waals surface area contributed by atoms with E-state index in [1.165, 1.54) is 4.90 Å². The first-order valence-corrected chi connectivity index (χ1v) is 6.35. The van der Waals surface area contributed by atoms with Gasteiger partial charge in [-0.05, 0) is 18.6 Å². The molecular formula is C13H18N2O4. The van der Waals surface area contributed by atoms with E-state index < -0.39 is 12.2 Å². The van der Waals surface area contributed by atoms with Crippen LogP contribution in [0.4, 0.5) is 4.79 Å². The van der Waals surface area contributed by atoms with Crippen molar-refractivity contribution in [3.05, 3.63) is 23.9 Å². The van der Waals surface area contributed by atoms with Gasteiger partial charge in [0.15, 0.2) is 0 Å². The topological polar surface area (TPSA) is 82.9 Å². The summed E-state index contributed by atoms with van der Waals surface area (Å²) in [5, 5.41) is 18.4. The van der Waals surface area contributed by atoms with Crippen molar-refractivity contribution in [2.75, 3.05) is 13.1 Å². The maximum atomic E-state index is 10.8. The lowest BCUT2D eigenvalue weighted by Gasteiger charge is -2.29. The number of piperidine rings is 1. The largest absolute Gasteiger partial charge is 0.474 e. The van der Waals surface area contributed by atoms with Gasteiger partial charge in [0.05, 0.1) is 6.10 Å². The summed E-state index contributed by atoms with van der Waals surface area (Å²) < 4.78 is 5.73. The molecule has 1 aromatic heterocycles. The Kier molecular flexibility index (Phi) is 4.21. The van der Waals surface area contributed by atoms with Gasteiger partial charge >= 0.3 is 6.09 Å². The van der Waals surface area contributed by atoms with E-state index in [4.69, 9.17) is 9.84 Å². The van der Waals surface area contributed by atoms with Crippen LogP contribution in [0.1, 0.15) is 31.4 Å². The molecule has 1 aliphatic heterocycles. The van der Waals surface area contributed by atoms with Crippen LogP contribution in [0.5, 0.6) is 5.88 Å². The Hall–Kier alpha value is -1.82. The van der Waals surface area contributed by atoms with Crippen molar-refractivity contribution >= 4 is 6.09 Å². The van der Waals surface area contributed by atoms with E-state index >= 15 is 0 Å². The van der Waals surface area contributed by atoms with E-state index in [9.17, 15) is 9.90 Å². The highest BCUT2D eigenvalue weighted by molar-refractivity contribution is 5.65. The molecule has 19 heavy (non-hydrogen) atoms. The molecule has 0 spiro atoms. The second kappa shape index (κ2) is 5.88. The van der Waals surface area contributed by atoms with Gasteiger partial charge in [0.2, 0.25) is 5.88 Å². The zero-order chi connectivity index (χ0) is 13.8. The first-order valence-electron chi connectivity index (χ1n) is 6.35. The molecule has 2 N–H and O–H groups in total. The number of amides is 1. The summed E-state index contributed by atoms with van der Waals surface area (Å²) in [5.41, 5.74) is 0.757. The van der Waals surface area contributed by atoms with E-state index in [0.29, 0.717) is 31.8 Å². The number of aliphatic hydroxyl groups excluding tert-OH is 1. The number of hydrogen-bond donors (Lipinski definition) is 2. The van der Waals surface area contributed by atoms with Crippen molar-refractivity contribution in [3.8, 4) is 5.88 Å². The number of aliphatic hydroxyl groups is 1. The molecule has 2 heterocycles. The Bertz CT molecular complexity index is 442. The highest BCUT2D eigenvalue weighted by atomic mass is 16.5. The maximum absolute atomic E-state index is 10.8. The second-order valence-corrected chi connectivity index (χ2v) is 4.69. The molecule has 1 aliphatic rings. The van der Waals surface area contributed by atoms with E-state index in [2.05, 4.69) is 4.98 Å². The molecule has 0 aromatic carbocycles. The van der Waals surface area contributed by atoms with Crippen LogP contribution in [-0.4, -0.2) is 45.4 Å². The third-order valence-corrected chi connectivity index (χ3v) is 3.24. The van der Waals surface area contributed by atoms with Crippen molar-refractivity contribution in [2.24, 2.45) is 0 Å². The molecule has 0 aliphatic carbocycles. The molecule has 1 aromatic rings. The first kappa shape index (κ1) is 13.6. The van der Waals surface area contributed by atoms with Crippen molar-refractivity contribution < 1.29 is 19.7 Å². The molecular weight excluding hydrogens is 248 g/mol. The fourth-order valence-electron chi connectivity index (χ4n) is 2.08. The fraction of sp³-hybridized carbons (Fsp3) is 0.538. The van der Waals surface area contributed by atoms with Crippen LogP contribution in [0.15, 0.2) is 18.3 Å². The molecule has 1 amide bonds. The number of aromatic nitrogens is 1. The molecule has 1 atom stereocenters. The molecule has 0 radical (unpaired) electrons. The maximum Gasteiger partial charge on any atom is 0.407 e. The number of likely N-dealkylation sites (tertiary alicyclic amines) is 1. The molecule has 1 fully saturated rings. The minimum atomic E-state index is -0.882.